The van der Waals surface area contributed by atoms with Crippen molar-refractivity contribution < 1.29 is 29.2 Å². The molecule has 2 heterocycles. The van der Waals surface area contributed by atoms with Crippen LogP contribution in [0.15, 0.2) is 45.1 Å². The van der Waals surface area contributed by atoms with E-state index >= 15 is 0 Å². The zero-order valence-electron chi connectivity index (χ0n) is 25.8. The number of hydrogen-bond donors (Lipinski definition) is 2. The fourth-order valence-corrected chi connectivity index (χ4v) is 24.4. The number of ether oxygens (including phenoxy) is 4. The fraction of sp³-hybridized carbons (Fsp3) is 0.529. The monoisotopic (exact) mass is 740 g/mol. The van der Waals surface area contributed by atoms with Crippen molar-refractivity contribution in [2.24, 2.45) is 0 Å². The first kappa shape index (κ1) is 34.3. The van der Waals surface area contributed by atoms with Crippen LogP contribution in [0.4, 0.5) is 0 Å². The van der Waals surface area contributed by atoms with Gasteiger partial charge < -0.3 is 0 Å². The summed E-state index contributed by atoms with van der Waals surface area (Å²) in [5, 5.41) is 22.6. The van der Waals surface area contributed by atoms with Crippen molar-refractivity contribution in [1.82, 2.24) is 0 Å². The number of rotatable bonds is 17. The van der Waals surface area contributed by atoms with Crippen LogP contribution in [-0.4, -0.2) is 55.4 Å². The molecular weight excluding hydrogens is 694 g/mol. The SMILES string of the molecule is CCC[CH2][Sn]([CH2]CCC)([CH2]CCC)[C](=C/CO)/C(Cc1cc(Cl)c2c(c1)OCO2)=C(/CO)Cc1cc(Cl)c2c(c1)OCO2. The van der Waals surface area contributed by atoms with Gasteiger partial charge in [0.05, 0.1) is 0 Å². The third-order valence-electron chi connectivity index (χ3n) is 8.61. The van der Waals surface area contributed by atoms with Crippen LogP contribution >= 0.6 is 23.2 Å². The maximum absolute atomic E-state index is 11.0. The van der Waals surface area contributed by atoms with Gasteiger partial charge in [-0.25, -0.2) is 0 Å². The van der Waals surface area contributed by atoms with E-state index in [0.29, 0.717) is 45.9 Å². The Hall–Kier alpha value is -1.58. The molecule has 4 rings (SSSR count). The molecule has 43 heavy (non-hydrogen) atoms. The predicted octanol–water partition coefficient (Wildman–Crippen LogP) is 8.83. The van der Waals surface area contributed by atoms with Gasteiger partial charge in [-0.3, -0.25) is 0 Å². The second-order valence-electron chi connectivity index (χ2n) is 11.6. The van der Waals surface area contributed by atoms with Crippen molar-refractivity contribution in [2.75, 3.05) is 26.8 Å². The van der Waals surface area contributed by atoms with E-state index in [9.17, 15) is 10.2 Å². The Kier molecular flexibility index (Phi) is 13.3. The van der Waals surface area contributed by atoms with Crippen molar-refractivity contribution in [2.45, 2.75) is 85.4 Å². The van der Waals surface area contributed by atoms with Gasteiger partial charge >= 0.3 is 272 Å². The minimum absolute atomic E-state index is 0.0294. The number of allylic oxidation sites excluding steroid dienone is 2. The summed E-state index contributed by atoms with van der Waals surface area (Å²) >= 11 is 10.1. The Morgan fingerprint density at radius 2 is 1.23 bits per heavy atom. The van der Waals surface area contributed by atoms with Crippen LogP contribution in [0.5, 0.6) is 23.0 Å². The van der Waals surface area contributed by atoms with Crippen LogP contribution < -0.4 is 18.9 Å². The molecule has 0 unspecified atom stereocenters. The molecule has 9 heteroatoms. The van der Waals surface area contributed by atoms with E-state index in [-0.39, 0.29) is 26.8 Å². The Labute approximate surface area is 270 Å². The van der Waals surface area contributed by atoms with E-state index in [1.807, 2.05) is 24.3 Å². The number of aliphatic hydroxyl groups excluding tert-OH is 2. The summed E-state index contributed by atoms with van der Waals surface area (Å²) in [6, 6.07) is 7.80. The zero-order chi connectivity index (χ0) is 30.8. The predicted molar refractivity (Wildman–Crippen MR) is 177 cm³/mol. The summed E-state index contributed by atoms with van der Waals surface area (Å²) in [6.45, 7) is 6.94. The molecule has 0 radical (unpaired) electrons. The molecule has 2 aromatic rings. The molecule has 2 aromatic carbocycles. The van der Waals surface area contributed by atoms with Gasteiger partial charge in [-0.2, -0.15) is 0 Å². The van der Waals surface area contributed by atoms with E-state index in [0.717, 1.165) is 41.5 Å². The molecule has 0 aliphatic carbocycles. The van der Waals surface area contributed by atoms with Gasteiger partial charge in [-0.15, -0.1) is 0 Å². The summed E-state index contributed by atoms with van der Waals surface area (Å²) in [5.41, 5.74) is 3.98. The molecule has 0 bridgehead atoms. The Morgan fingerprint density at radius 1 is 0.744 bits per heavy atom. The van der Waals surface area contributed by atoms with Crippen LogP contribution in [0.3, 0.4) is 0 Å². The van der Waals surface area contributed by atoms with Gasteiger partial charge in [0.2, 0.25) is 0 Å². The van der Waals surface area contributed by atoms with E-state index in [1.165, 1.54) is 36.2 Å². The van der Waals surface area contributed by atoms with Gasteiger partial charge in [-0.1, -0.05) is 0 Å². The summed E-state index contributed by atoms with van der Waals surface area (Å²) in [6.07, 6.45) is 10.1. The first-order valence-electron chi connectivity index (χ1n) is 15.7. The van der Waals surface area contributed by atoms with Crippen molar-refractivity contribution in [3.63, 3.8) is 0 Å². The molecule has 2 aliphatic rings. The van der Waals surface area contributed by atoms with Crippen LogP contribution in [0.25, 0.3) is 0 Å². The standard InChI is InChI=1S/C22H19Cl2O6.3C4H9.Sn/c23-17-6-13(8-19-21(17)29-11-27-19)4-15(2-1-3-25)16(10-26)5-14-7-18(24)22-20(9-14)28-12-30-22;3*1-3-4-2;/h1,6-9,25-26H,3-5,10-12H2;3*1,3-4H2,2H3;/b2-1?,16-15-;;;;. The van der Waals surface area contributed by atoms with E-state index in [2.05, 4.69) is 26.8 Å². The normalized spacial score (nSPS) is 14.8. The quantitative estimate of drug-likeness (QED) is 0.125. The van der Waals surface area contributed by atoms with Crippen molar-refractivity contribution >= 4 is 41.6 Å². The van der Waals surface area contributed by atoms with Crippen LogP contribution in [0.1, 0.15) is 70.4 Å². The third kappa shape index (κ3) is 8.37. The molecule has 0 atom stereocenters. The topological polar surface area (TPSA) is 77.4 Å². The number of aliphatic hydroxyl groups is 2. The summed E-state index contributed by atoms with van der Waals surface area (Å²) in [5.74, 6) is 2.39. The van der Waals surface area contributed by atoms with Gasteiger partial charge in [0.15, 0.2) is 0 Å². The molecule has 236 valence electrons. The Morgan fingerprint density at radius 3 is 1.67 bits per heavy atom. The van der Waals surface area contributed by atoms with E-state index in [1.54, 1.807) is 0 Å². The number of benzene rings is 2. The second-order valence-corrected chi connectivity index (χ2v) is 25.5. The number of fused-ring (bicyclic) bond motifs is 2. The van der Waals surface area contributed by atoms with Crippen molar-refractivity contribution in [1.29, 1.82) is 0 Å². The molecule has 0 aromatic heterocycles. The molecular formula is C34H46Cl2O6Sn. The Balaban J connectivity index is 1.89. The minimum atomic E-state index is -3.12. The average molecular weight is 740 g/mol. The second kappa shape index (κ2) is 16.6. The summed E-state index contributed by atoms with van der Waals surface area (Å²) in [7, 11) is 0. The fourth-order valence-electron chi connectivity index (χ4n) is 6.44. The van der Waals surface area contributed by atoms with Crippen molar-refractivity contribution in [3.8, 4) is 23.0 Å². The molecule has 6 nitrogen and oxygen atoms in total. The third-order valence-corrected chi connectivity index (χ3v) is 25.1. The molecule has 0 spiro atoms. The summed E-state index contributed by atoms with van der Waals surface area (Å²) < 4.78 is 27.5. The van der Waals surface area contributed by atoms with Crippen LogP contribution in [0, 0.1) is 0 Å². The van der Waals surface area contributed by atoms with Gasteiger partial charge in [0.25, 0.3) is 0 Å². The van der Waals surface area contributed by atoms with Crippen LogP contribution in [0.2, 0.25) is 23.4 Å². The zero-order valence-corrected chi connectivity index (χ0v) is 30.1. The molecule has 0 fully saturated rings. The summed E-state index contributed by atoms with van der Waals surface area (Å²) in [4.78, 5) is 0. The molecule has 2 N–H and O–H groups in total. The molecule has 2 aliphatic heterocycles. The van der Waals surface area contributed by atoms with Crippen LogP contribution in [-0.2, 0) is 12.8 Å². The molecule has 0 saturated heterocycles. The van der Waals surface area contributed by atoms with Gasteiger partial charge in [0, 0.05) is 0 Å². The average Bonchev–Trinajstić information content (AvgIpc) is 3.68. The van der Waals surface area contributed by atoms with E-state index < -0.39 is 18.4 Å². The molecule has 0 amide bonds. The van der Waals surface area contributed by atoms with Gasteiger partial charge in [0.1, 0.15) is 0 Å². The van der Waals surface area contributed by atoms with Gasteiger partial charge in [-0.05, 0) is 0 Å². The Bertz CT molecular complexity index is 1290. The maximum atomic E-state index is 11.0. The first-order valence-corrected chi connectivity index (χ1v) is 23.9. The number of hydrogen-bond acceptors (Lipinski definition) is 6. The number of halogens is 2. The number of unbranched alkanes of at least 4 members (excludes halogenated alkanes) is 3. The first-order chi connectivity index (χ1) is 20.9. The molecule has 0 saturated carbocycles. The van der Waals surface area contributed by atoms with E-state index in [4.69, 9.17) is 42.1 Å². The van der Waals surface area contributed by atoms with Crippen molar-refractivity contribution in [3.05, 3.63) is 66.2 Å².